The molecule has 1 aliphatic heterocycles. The van der Waals surface area contributed by atoms with Gasteiger partial charge in [-0.1, -0.05) is 29.8 Å². The summed E-state index contributed by atoms with van der Waals surface area (Å²) in [4.78, 5) is 28.7. The minimum absolute atomic E-state index is 0.0101. The van der Waals surface area contributed by atoms with E-state index in [1.165, 1.54) is 0 Å². The quantitative estimate of drug-likeness (QED) is 0.850. The molecule has 0 aromatic heterocycles. The number of benzene rings is 2. The maximum absolute atomic E-state index is 12.7. The van der Waals surface area contributed by atoms with E-state index >= 15 is 0 Å². The van der Waals surface area contributed by atoms with Gasteiger partial charge in [-0.05, 0) is 36.8 Å². The Bertz CT molecular complexity index is 769. The Morgan fingerprint density at radius 2 is 1.69 bits per heavy atom. The third kappa shape index (κ3) is 4.23. The highest BCUT2D eigenvalue weighted by Crippen LogP contribution is 2.16. The Morgan fingerprint density at radius 1 is 1.00 bits per heavy atom. The molecule has 0 atom stereocenters. The third-order valence-electron chi connectivity index (χ3n) is 4.71. The van der Waals surface area contributed by atoms with Gasteiger partial charge in [-0.3, -0.25) is 9.59 Å². The van der Waals surface area contributed by atoms with Crippen molar-refractivity contribution in [3.8, 4) is 5.75 Å². The van der Waals surface area contributed by atoms with Crippen LogP contribution in [0.25, 0.3) is 0 Å². The SMILES string of the molecule is COc1ccc(CN2CCN(C(=O)c3ccc(C)cc3)CCC2=O)cc1. The van der Waals surface area contributed by atoms with E-state index in [0.29, 0.717) is 38.2 Å². The van der Waals surface area contributed by atoms with Crippen molar-refractivity contribution in [2.24, 2.45) is 0 Å². The van der Waals surface area contributed by atoms with E-state index in [0.717, 1.165) is 16.9 Å². The molecule has 0 bridgehead atoms. The molecule has 2 aromatic carbocycles. The molecule has 1 fully saturated rings. The normalized spacial score (nSPS) is 14.9. The second kappa shape index (κ2) is 8.04. The number of rotatable bonds is 4. The van der Waals surface area contributed by atoms with E-state index < -0.39 is 0 Å². The van der Waals surface area contributed by atoms with Crippen LogP contribution in [-0.4, -0.2) is 48.4 Å². The molecule has 0 radical (unpaired) electrons. The number of amides is 2. The molecule has 0 spiro atoms. The number of ether oxygens (including phenoxy) is 1. The summed E-state index contributed by atoms with van der Waals surface area (Å²) in [7, 11) is 1.63. The standard InChI is InChI=1S/C21H24N2O3/c1-16-3-7-18(8-4-16)21(25)22-12-11-20(24)23(14-13-22)15-17-5-9-19(26-2)10-6-17/h3-10H,11-15H2,1-2H3. The van der Waals surface area contributed by atoms with Crippen LogP contribution in [0.3, 0.4) is 0 Å². The Balaban J connectivity index is 1.64. The first-order valence-electron chi connectivity index (χ1n) is 8.83. The van der Waals surface area contributed by atoms with Crippen molar-refractivity contribution in [1.82, 2.24) is 9.80 Å². The molecule has 0 unspecified atom stereocenters. The van der Waals surface area contributed by atoms with E-state index in [-0.39, 0.29) is 11.8 Å². The van der Waals surface area contributed by atoms with Gasteiger partial charge in [0.2, 0.25) is 5.91 Å². The van der Waals surface area contributed by atoms with Gasteiger partial charge in [0.25, 0.3) is 5.91 Å². The van der Waals surface area contributed by atoms with Gasteiger partial charge in [0.15, 0.2) is 0 Å². The van der Waals surface area contributed by atoms with Gasteiger partial charge < -0.3 is 14.5 Å². The molecular weight excluding hydrogens is 328 g/mol. The highest BCUT2D eigenvalue weighted by atomic mass is 16.5. The molecule has 2 amide bonds. The van der Waals surface area contributed by atoms with Crippen LogP contribution in [0.4, 0.5) is 0 Å². The molecule has 2 aromatic rings. The number of nitrogens with zero attached hydrogens (tertiary/aromatic N) is 2. The topological polar surface area (TPSA) is 49.9 Å². The Morgan fingerprint density at radius 3 is 2.35 bits per heavy atom. The number of carbonyl (C=O) groups is 2. The molecule has 136 valence electrons. The Labute approximate surface area is 154 Å². The predicted octanol–water partition coefficient (Wildman–Crippen LogP) is 2.88. The van der Waals surface area contributed by atoms with E-state index in [4.69, 9.17) is 4.74 Å². The zero-order chi connectivity index (χ0) is 18.5. The minimum atomic E-state index is -0.0101. The van der Waals surface area contributed by atoms with Crippen molar-refractivity contribution in [3.63, 3.8) is 0 Å². The molecule has 1 saturated heterocycles. The summed E-state index contributed by atoms with van der Waals surface area (Å²) in [6.07, 6.45) is 0.355. The Hall–Kier alpha value is -2.82. The summed E-state index contributed by atoms with van der Waals surface area (Å²) in [5.41, 5.74) is 2.85. The first kappa shape index (κ1) is 18.0. The summed E-state index contributed by atoms with van der Waals surface area (Å²) < 4.78 is 5.17. The van der Waals surface area contributed by atoms with Crippen molar-refractivity contribution in [1.29, 1.82) is 0 Å². The van der Waals surface area contributed by atoms with Crippen LogP contribution < -0.4 is 4.74 Å². The lowest BCUT2D eigenvalue weighted by Crippen LogP contribution is -2.35. The Kier molecular flexibility index (Phi) is 5.56. The fraction of sp³-hybridized carbons (Fsp3) is 0.333. The summed E-state index contributed by atoms with van der Waals surface area (Å²) in [5, 5.41) is 0. The van der Waals surface area contributed by atoms with Crippen molar-refractivity contribution < 1.29 is 14.3 Å². The smallest absolute Gasteiger partial charge is 0.253 e. The van der Waals surface area contributed by atoms with Gasteiger partial charge >= 0.3 is 0 Å². The number of methoxy groups -OCH3 is 1. The van der Waals surface area contributed by atoms with Crippen molar-refractivity contribution in [2.75, 3.05) is 26.7 Å². The fourth-order valence-electron chi connectivity index (χ4n) is 3.07. The van der Waals surface area contributed by atoms with E-state index in [9.17, 15) is 9.59 Å². The highest BCUT2D eigenvalue weighted by Gasteiger charge is 2.24. The zero-order valence-electron chi connectivity index (χ0n) is 15.3. The fourth-order valence-corrected chi connectivity index (χ4v) is 3.07. The molecule has 0 aliphatic carbocycles. The van der Waals surface area contributed by atoms with Crippen LogP contribution in [-0.2, 0) is 11.3 Å². The van der Waals surface area contributed by atoms with Gasteiger partial charge in [0, 0.05) is 38.2 Å². The number of hydrogen-bond acceptors (Lipinski definition) is 3. The van der Waals surface area contributed by atoms with E-state index in [1.54, 1.807) is 12.0 Å². The van der Waals surface area contributed by atoms with Crippen molar-refractivity contribution >= 4 is 11.8 Å². The highest BCUT2D eigenvalue weighted by molar-refractivity contribution is 5.94. The number of carbonyl (C=O) groups excluding carboxylic acids is 2. The second-order valence-corrected chi connectivity index (χ2v) is 6.57. The lowest BCUT2D eigenvalue weighted by Gasteiger charge is -2.22. The van der Waals surface area contributed by atoms with Crippen LogP contribution >= 0.6 is 0 Å². The van der Waals surface area contributed by atoms with Crippen LogP contribution in [0, 0.1) is 6.92 Å². The van der Waals surface area contributed by atoms with Crippen LogP contribution in [0.1, 0.15) is 27.9 Å². The number of hydrogen-bond donors (Lipinski definition) is 0. The summed E-state index contributed by atoms with van der Waals surface area (Å²) >= 11 is 0. The summed E-state index contributed by atoms with van der Waals surface area (Å²) in [6, 6.07) is 15.3. The van der Waals surface area contributed by atoms with Crippen LogP contribution in [0.2, 0.25) is 0 Å². The maximum Gasteiger partial charge on any atom is 0.253 e. The molecular formula is C21H24N2O3. The first-order chi connectivity index (χ1) is 12.6. The van der Waals surface area contributed by atoms with Gasteiger partial charge in [-0.15, -0.1) is 0 Å². The minimum Gasteiger partial charge on any atom is -0.497 e. The zero-order valence-corrected chi connectivity index (χ0v) is 15.3. The largest absolute Gasteiger partial charge is 0.497 e. The lowest BCUT2D eigenvalue weighted by atomic mass is 10.1. The molecule has 5 nitrogen and oxygen atoms in total. The predicted molar refractivity (Wildman–Crippen MR) is 100 cm³/mol. The van der Waals surface area contributed by atoms with Gasteiger partial charge in [-0.25, -0.2) is 0 Å². The average Bonchev–Trinajstić information content (AvgIpc) is 2.84. The average molecular weight is 352 g/mol. The monoisotopic (exact) mass is 352 g/mol. The first-order valence-corrected chi connectivity index (χ1v) is 8.83. The van der Waals surface area contributed by atoms with Crippen LogP contribution in [0.5, 0.6) is 5.75 Å². The molecule has 5 heteroatoms. The van der Waals surface area contributed by atoms with Crippen molar-refractivity contribution in [3.05, 3.63) is 65.2 Å². The second-order valence-electron chi connectivity index (χ2n) is 6.57. The number of aryl methyl sites for hydroxylation is 1. The van der Waals surface area contributed by atoms with E-state index in [2.05, 4.69) is 0 Å². The van der Waals surface area contributed by atoms with Gasteiger partial charge in [-0.2, -0.15) is 0 Å². The third-order valence-corrected chi connectivity index (χ3v) is 4.71. The molecule has 0 saturated carbocycles. The molecule has 1 aliphatic rings. The van der Waals surface area contributed by atoms with Crippen molar-refractivity contribution in [2.45, 2.75) is 19.9 Å². The molecule has 26 heavy (non-hydrogen) atoms. The molecule has 3 rings (SSSR count). The van der Waals surface area contributed by atoms with Crippen LogP contribution in [0.15, 0.2) is 48.5 Å². The summed E-state index contributed by atoms with van der Waals surface area (Å²) in [5.74, 6) is 0.870. The van der Waals surface area contributed by atoms with E-state index in [1.807, 2.05) is 60.4 Å². The van der Waals surface area contributed by atoms with Gasteiger partial charge in [0.05, 0.1) is 7.11 Å². The maximum atomic E-state index is 12.7. The summed E-state index contributed by atoms with van der Waals surface area (Å²) in [6.45, 7) is 4.10. The van der Waals surface area contributed by atoms with Gasteiger partial charge in [0.1, 0.15) is 5.75 Å². The molecule has 1 heterocycles. The lowest BCUT2D eigenvalue weighted by molar-refractivity contribution is -0.130. The molecule has 0 N–H and O–H groups in total.